The van der Waals surface area contributed by atoms with E-state index < -0.39 is 0 Å². The highest BCUT2D eigenvalue weighted by molar-refractivity contribution is 6.30. The largest absolute Gasteiger partial charge is 0.299 e. The first-order valence-corrected chi connectivity index (χ1v) is 6.33. The van der Waals surface area contributed by atoms with Crippen LogP contribution in [-0.2, 0) is 17.6 Å². The molecule has 0 saturated heterocycles. The maximum Gasteiger partial charge on any atom is 0.141 e. The highest BCUT2D eigenvalue weighted by atomic mass is 35.5. The van der Waals surface area contributed by atoms with Gasteiger partial charge < -0.3 is 0 Å². The lowest BCUT2D eigenvalue weighted by molar-refractivity contribution is -0.117. The van der Waals surface area contributed by atoms with E-state index in [2.05, 4.69) is 0 Å². The van der Waals surface area contributed by atoms with Crippen LogP contribution >= 0.6 is 11.6 Å². The molecule has 0 radical (unpaired) electrons. The molecule has 0 bridgehead atoms. The Bertz CT molecular complexity index is 477. The number of Topliss-reactive ketones (excluding diaryl/α,β-unsaturated/α-hetero) is 1. The van der Waals surface area contributed by atoms with Crippen LogP contribution in [0.5, 0.6) is 0 Å². The van der Waals surface area contributed by atoms with Crippen molar-refractivity contribution in [1.82, 2.24) is 0 Å². The Labute approximate surface area is 112 Å². The van der Waals surface area contributed by atoms with Crippen LogP contribution in [0, 0.1) is 6.92 Å². The monoisotopic (exact) mass is 258 g/mol. The summed E-state index contributed by atoms with van der Waals surface area (Å²) in [5.74, 6) is 0.223. The maximum absolute atomic E-state index is 11.9. The summed E-state index contributed by atoms with van der Waals surface area (Å²) >= 11 is 5.81. The molecule has 0 fully saturated rings. The molecule has 2 aromatic carbocycles. The SMILES string of the molecule is Cc1ccc(CC(=O)Cc2ccc(Cl)cc2)cc1. The standard InChI is InChI=1S/C16H15ClO/c1-12-2-4-13(5-3-12)10-16(18)11-14-6-8-15(17)9-7-14/h2-9H,10-11H2,1H3. The zero-order valence-electron chi connectivity index (χ0n) is 10.3. The van der Waals surface area contributed by atoms with E-state index in [4.69, 9.17) is 11.6 Å². The summed E-state index contributed by atoms with van der Waals surface area (Å²) in [4.78, 5) is 11.9. The summed E-state index contributed by atoms with van der Waals surface area (Å²) in [6.07, 6.45) is 0.952. The Morgan fingerprint density at radius 1 is 0.889 bits per heavy atom. The Balaban J connectivity index is 1.96. The van der Waals surface area contributed by atoms with Crippen molar-refractivity contribution in [3.63, 3.8) is 0 Å². The number of carbonyl (C=O) groups is 1. The summed E-state index contributed by atoms with van der Waals surface area (Å²) in [6, 6.07) is 15.5. The smallest absolute Gasteiger partial charge is 0.141 e. The summed E-state index contributed by atoms with van der Waals surface area (Å²) in [5.41, 5.74) is 3.29. The molecule has 0 aliphatic rings. The van der Waals surface area contributed by atoms with Gasteiger partial charge in [0.15, 0.2) is 0 Å². The van der Waals surface area contributed by atoms with Crippen molar-refractivity contribution < 1.29 is 4.79 Å². The van der Waals surface area contributed by atoms with Crippen molar-refractivity contribution in [3.05, 3.63) is 70.2 Å². The number of hydrogen-bond donors (Lipinski definition) is 0. The van der Waals surface area contributed by atoms with Gasteiger partial charge >= 0.3 is 0 Å². The van der Waals surface area contributed by atoms with E-state index in [0.29, 0.717) is 17.9 Å². The van der Waals surface area contributed by atoms with E-state index in [0.717, 1.165) is 11.1 Å². The first kappa shape index (κ1) is 12.8. The number of rotatable bonds is 4. The van der Waals surface area contributed by atoms with Crippen LogP contribution in [0.4, 0.5) is 0 Å². The van der Waals surface area contributed by atoms with Gasteiger partial charge in [-0.2, -0.15) is 0 Å². The van der Waals surface area contributed by atoms with Gasteiger partial charge in [-0.15, -0.1) is 0 Å². The molecule has 0 atom stereocenters. The fourth-order valence-corrected chi connectivity index (χ4v) is 1.95. The fourth-order valence-electron chi connectivity index (χ4n) is 1.83. The average molecular weight is 259 g/mol. The van der Waals surface area contributed by atoms with Gasteiger partial charge in [-0.3, -0.25) is 4.79 Å². The number of carbonyl (C=O) groups excluding carboxylic acids is 1. The molecule has 0 aliphatic heterocycles. The van der Waals surface area contributed by atoms with Crippen molar-refractivity contribution in [3.8, 4) is 0 Å². The van der Waals surface area contributed by atoms with Crippen LogP contribution < -0.4 is 0 Å². The second kappa shape index (κ2) is 5.83. The molecule has 92 valence electrons. The molecule has 0 heterocycles. The second-order valence-corrected chi connectivity index (χ2v) is 4.94. The van der Waals surface area contributed by atoms with Crippen LogP contribution in [0.3, 0.4) is 0 Å². The van der Waals surface area contributed by atoms with E-state index in [1.54, 1.807) is 0 Å². The molecule has 18 heavy (non-hydrogen) atoms. The Kier molecular flexibility index (Phi) is 4.16. The molecule has 0 aromatic heterocycles. The zero-order valence-corrected chi connectivity index (χ0v) is 11.1. The first-order chi connectivity index (χ1) is 8.63. The molecule has 0 unspecified atom stereocenters. The van der Waals surface area contributed by atoms with Crippen molar-refractivity contribution in [2.24, 2.45) is 0 Å². The van der Waals surface area contributed by atoms with E-state index in [1.807, 2.05) is 55.5 Å². The molecule has 1 nitrogen and oxygen atoms in total. The summed E-state index contributed by atoms with van der Waals surface area (Å²) in [5, 5.41) is 0.699. The minimum atomic E-state index is 0.223. The van der Waals surface area contributed by atoms with Crippen molar-refractivity contribution >= 4 is 17.4 Å². The third-order valence-electron chi connectivity index (χ3n) is 2.84. The molecule has 0 aliphatic carbocycles. The molecule has 0 amide bonds. The Hall–Kier alpha value is -1.60. The van der Waals surface area contributed by atoms with Gasteiger partial charge in [0.1, 0.15) is 5.78 Å². The lowest BCUT2D eigenvalue weighted by Gasteiger charge is -2.03. The third-order valence-corrected chi connectivity index (χ3v) is 3.09. The fraction of sp³-hybridized carbons (Fsp3) is 0.188. The number of benzene rings is 2. The van der Waals surface area contributed by atoms with E-state index >= 15 is 0 Å². The lowest BCUT2D eigenvalue weighted by Crippen LogP contribution is -2.06. The van der Waals surface area contributed by atoms with Gasteiger partial charge in [0, 0.05) is 17.9 Å². The number of halogens is 1. The molecule has 2 aromatic rings. The van der Waals surface area contributed by atoms with Crippen molar-refractivity contribution in [2.45, 2.75) is 19.8 Å². The van der Waals surface area contributed by atoms with Crippen LogP contribution in [0.15, 0.2) is 48.5 Å². The van der Waals surface area contributed by atoms with Crippen molar-refractivity contribution in [1.29, 1.82) is 0 Å². The average Bonchev–Trinajstić information content (AvgIpc) is 2.35. The minimum absolute atomic E-state index is 0.223. The van der Waals surface area contributed by atoms with Crippen LogP contribution in [0.1, 0.15) is 16.7 Å². The number of hydrogen-bond acceptors (Lipinski definition) is 1. The second-order valence-electron chi connectivity index (χ2n) is 4.50. The molecule has 0 saturated carbocycles. The molecular weight excluding hydrogens is 244 g/mol. The summed E-state index contributed by atoms with van der Waals surface area (Å²) in [6.45, 7) is 2.04. The van der Waals surface area contributed by atoms with Crippen LogP contribution in [-0.4, -0.2) is 5.78 Å². The Morgan fingerprint density at radius 2 is 1.33 bits per heavy atom. The molecular formula is C16H15ClO. The van der Waals surface area contributed by atoms with Gasteiger partial charge in [-0.1, -0.05) is 53.6 Å². The van der Waals surface area contributed by atoms with Gasteiger partial charge in [0.05, 0.1) is 0 Å². The highest BCUT2D eigenvalue weighted by Crippen LogP contribution is 2.11. The maximum atomic E-state index is 11.9. The summed E-state index contributed by atoms with van der Waals surface area (Å²) in [7, 11) is 0. The van der Waals surface area contributed by atoms with E-state index in [-0.39, 0.29) is 5.78 Å². The number of aryl methyl sites for hydroxylation is 1. The first-order valence-electron chi connectivity index (χ1n) is 5.95. The number of ketones is 1. The molecule has 0 N–H and O–H groups in total. The quantitative estimate of drug-likeness (QED) is 0.810. The molecule has 0 spiro atoms. The third kappa shape index (κ3) is 3.71. The van der Waals surface area contributed by atoms with Crippen LogP contribution in [0.25, 0.3) is 0 Å². The van der Waals surface area contributed by atoms with Gasteiger partial charge in [-0.25, -0.2) is 0 Å². The normalized spacial score (nSPS) is 10.3. The highest BCUT2D eigenvalue weighted by Gasteiger charge is 2.05. The Morgan fingerprint density at radius 3 is 1.83 bits per heavy atom. The molecule has 2 rings (SSSR count). The van der Waals surface area contributed by atoms with Gasteiger partial charge in [-0.05, 0) is 30.2 Å². The van der Waals surface area contributed by atoms with E-state index in [1.165, 1.54) is 5.56 Å². The van der Waals surface area contributed by atoms with Crippen molar-refractivity contribution in [2.75, 3.05) is 0 Å². The zero-order chi connectivity index (χ0) is 13.0. The van der Waals surface area contributed by atoms with Gasteiger partial charge in [0.25, 0.3) is 0 Å². The van der Waals surface area contributed by atoms with E-state index in [9.17, 15) is 4.79 Å². The van der Waals surface area contributed by atoms with Gasteiger partial charge in [0.2, 0.25) is 0 Å². The molecule has 2 heteroatoms. The summed E-state index contributed by atoms with van der Waals surface area (Å²) < 4.78 is 0. The minimum Gasteiger partial charge on any atom is -0.299 e. The predicted molar refractivity (Wildman–Crippen MR) is 75.0 cm³/mol. The predicted octanol–water partition coefficient (Wildman–Crippen LogP) is 4.00. The lowest BCUT2D eigenvalue weighted by atomic mass is 10.0. The topological polar surface area (TPSA) is 17.1 Å². The van der Waals surface area contributed by atoms with Crippen LogP contribution in [0.2, 0.25) is 5.02 Å².